The molecule has 0 spiro atoms. The van der Waals surface area contributed by atoms with E-state index in [0.29, 0.717) is 43.6 Å². The summed E-state index contributed by atoms with van der Waals surface area (Å²) in [6.07, 6.45) is 0. The normalized spacial score (nSPS) is 10.2. The van der Waals surface area contributed by atoms with Crippen LogP contribution in [0.25, 0.3) is 0 Å². The molecule has 2 rings (SSSR count). The summed E-state index contributed by atoms with van der Waals surface area (Å²) < 4.78 is 21.9. The molecule has 140 valence electrons. The lowest BCUT2D eigenvalue weighted by Gasteiger charge is -2.13. The highest BCUT2D eigenvalue weighted by Gasteiger charge is 2.10. The van der Waals surface area contributed by atoms with E-state index in [1.54, 1.807) is 12.1 Å². The first kappa shape index (κ1) is 19.6. The number of hydrogen-bond acceptors (Lipinski definition) is 5. The molecule has 0 saturated heterocycles. The molecule has 0 aliphatic carbocycles. The predicted octanol–water partition coefficient (Wildman–Crippen LogP) is 3.52. The van der Waals surface area contributed by atoms with Crippen LogP contribution in [0, 0.1) is 0 Å². The van der Waals surface area contributed by atoms with Gasteiger partial charge in [0, 0.05) is 6.07 Å². The highest BCUT2D eigenvalue weighted by molar-refractivity contribution is 5.93. The number of anilines is 1. The molecule has 0 atom stereocenters. The molecular formula is C20H25NO5. The first-order valence-corrected chi connectivity index (χ1v) is 8.68. The average Bonchev–Trinajstić information content (AvgIpc) is 2.65. The molecule has 6 nitrogen and oxygen atoms in total. The van der Waals surface area contributed by atoms with Crippen molar-refractivity contribution in [1.29, 1.82) is 0 Å². The number of para-hydroxylation sites is 1. The molecule has 0 aromatic heterocycles. The van der Waals surface area contributed by atoms with Gasteiger partial charge in [-0.2, -0.15) is 0 Å². The van der Waals surface area contributed by atoms with Crippen molar-refractivity contribution >= 4 is 11.6 Å². The Labute approximate surface area is 154 Å². The summed E-state index contributed by atoms with van der Waals surface area (Å²) in [4.78, 5) is 12.1. The molecule has 0 fully saturated rings. The number of amides is 1. The Bertz CT molecular complexity index is 675. The Morgan fingerprint density at radius 2 is 1.65 bits per heavy atom. The van der Waals surface area contributed by atoms with Crippen molar-refractivity contribution in [2.75, 3.05) is 38.4 Å². The lowest BCUT2D eigenvalue weighted by atomic mass is 10.2. The molecule has 0 saturated carbocycles. The molecule has 1 amide bonds. The van der Waals surface area contributed by atoms with Gasteiger partial charge in [0.2, 0.25) is 5.91 Å². The van der Waals surface area contributed by atoms with Gasteiger partial charge in [-0.3, -0.25) is 4.79 Å². The molecule has 1 N–H and O–H groups in total. The molecule has 26 heavy (non-hydrogen) atoms. The molecule has 6 heteroatoms. The van der Waals surface area contributed by atoms with Gasteiger partial charge in [0.25, 0.3) is 0 Å². The van der Waals surface area contributed by atoms with Gasteiger partial charge in [-0.15, -0.1) is 0 Å². The minimum Gasteiger partial charge on any atom is -0.494 e. The summed E-state index contributed by atoms with van der Waals surface area (Å²) in [6.45, 7) is 5.47. The Balaban J connectivity index is 1.78. The molecule has 0 heterocycles. The molecule has 0 bridgehead atoms. The van der Waals surface area contributed by atoms with E-state index in [9.17, 15) is 4.79 Å². The van der Waals surface area contributed by atoms with Crippen molar-refractivity contribution in [2.45, 2.75) is 13.8 Å². The fraction of sp³-hybridized carbons (Fsp3) is 0.350. The largest absolute Gasteiger partial charge is 0.494 e. The minimum atomic E-state index is -0.265. The van der Waals surface area contributed by atoms with Gasteiger partial charge < -0.3 is 24.3 Å². The number of rotatable bonds is 11. The zero-order valence-corrected chi connectivity index (χ0v) is 15.2. The highest BCUT2D eigenvalue weighted by Crippen LogP contribution is 2.29. The number of carbonyl (C=O) groups excluding carboxylic acids is 1. The van der Waals surface area contributed by atoms with Gasteiger partial charge in [-0.1, -0.05) is 18.2 Å². The van der Waals surface area contributed by atoms with Crippen LogP contribution < -0.4 is 19.5 Å². The van der Waals surface area contributed by atoms with Crippen LogP contribution in [0.1, 0.15) is 13.8 Å². The van der Waals surface area contributed by atoms with E-state index in [-0.39, 0.29) is 12.5 Å². The Morgan fingerprint density at radius 1 is 0.885 bits per heavy atom. The van der Waals surface area contributed by atoms with Crippen molar-refractivity contribution in [3.8, 4) is 17.2 Å². The van der Waals surface area contributed by atoms with Gasteiger partial charge in [0.15, 0.2) is 0 Å². The van der Waals surface area contributed by atoms with Gasteiger partial charge in [0.1, 0.15) is 30.5 Å². The summed E-state index contributed by atoms with van der Waals surface area (Å²) in [5.41, 5.74) is 0.562. The maximum atomic E-state index is 12.1. The number of carbonyl (C=O) groups is 1. The summed E-state index contributed by atoms with van der Waals surface area (Å²) in [5.74, 6) is 1.77. The predicted molar refractivity (Wildman–Crippen MR) is 100 cm³/mol. The fourth-order valence-corrected chi connectivity index (χ4v) is 2.23. The molecular weight excluding hydrogens is 334 g/mol. The van der Waals surface area contributed by atoms with E-state index in [0.717, 1.165) is 5.75 Å². The second kappa shape index (κ2) is 11.0. The van der Waals surface area contributed by atoms with Gasteiger partial charge in [-0.25, -0.2) is 0 Å². The van der Waals surface area contributed by atoms with E-state index in [1.165, 1.54) is 0 Å². The lowest BCUT2D eigenvalue weighted by molar-refractivity contribution is -0.120. The maximum absolute atomic E-state index is 12.1. The average molecular weight is 359 g/mol. The van der Waals surface area contributed by atoms with Crippen LogP contribution in [0.4, 0.5) is 5.69 Å². The standard InChI is InChI=1S/C20H25NO5/c1-3-24-17-10-11-19(25-4-2)18(14-17)21-20(22)15-23-12-13-26-16-8-6-5-7-9-16/h5-11,14H,3-4,12-13,15H2,1-2H3,(H,21,22). The molecule has 0 aliphatic heterocycles. The maximum Gasteiger partial charge on any atom is 0.250 e. The Morgan fingerprint density at radius 3 is 2.38 bits per heavy atom. The van der Waals surface area contributed by atoms with Crippen LogP contribution >= 0.6 is 0 Å². The number of benzene rings is 2. The molecule has 0 unspecified atom stereocenters. The van der Waals surface area contributed by atoms with Crippen LogP contribution in [-0.4, -0.2) is 38.9 Å². The Kier molecular flexibility index (Phi) is 8.29. The third-order valence-corrected chi connectivity index (χ3v) is 3.31. The quantitative estimate of drug-likeness (QED) is 0.622. The molecule has 2 aromatic rings. The van der Waals surface area contributed by atoms with Crippen molar-refractivity contribution in [3.05, 3.63) is 48.5 Å². The van der Waals surface area contributed by atoms with Crippen molar-refractivity contribution in [3.63, 3.8) is 0 Å². The van der Waals surface area contributed by atoms with Crippen molar-refractivity contribution in [2.24, 2.45) is 0 Å². The van der Waals surface area contributed by atoms with Crippen molar-refractivity contribution in [1.82, 2.24) is 0 Å². The van der Waals surface area contributed by atoms with E-state index in [4.69, 9.17) is 18.9 Å². The van der Waals surface area contributed by atoms with E-state index in [1.807, 2.05) is 50.2 Å². The van der Waals surface area contributed by atoms with Crippen molar-refractivity contribution < 1.29 is 23.7 Å². The number of nitrogens with one attached hydrogen (secondary N) is 1. The fourth-order valence-electron chi connectivity index (χ4n) is 2.23. The second-order valence-electron chi connectivity index (χ2n) is 5.29. The zero-order valence-electron chi connectivity index (χ0n) is 15.2. The first-order valence-electron chi connectivity index (χ1n) is 8.68. The third kappa shape index (κ3) is 6.64. The number of ether oxygens (including phenoxy) is 4. The minimum absolute atomic E-state index is 0.0669. The van der Waals surface area contributed by atoms with Gasteiger partial charge in [-0.05, 0) is 38.1 Å². The second-order valence-corrected chi connectivity index (χ2v) is 5.29. The summed E-state index contributed by atoms with van der Waals surface area (Å²) in [6, 6.07) is 14.8. The topological polar surface area (TPSA) is 66.0 Å². The summed E-state index contributed by atoms with van der Waals surface area (Å²) in [7, 11) is 0. The third-order valence-electron chi connectivity index (χ3n) is 3.31. The Hall–Kier alpha value is -2.73. The van der Waals surface area contributed by atoms with Crippen LogP contribution in [0.3, 0.4) is 0 Å². The summed E-state index contributed by atoms with van der Waals surface area (Å²) in [5, 5.41) is 2.79. The number of hydrogen-bond donors (Lipinski definition) is 1. The smallest absolute Gasteiger partial charge is 0.250 e. The van der Waals surface area contributed by atoms with Crippen LogP contribution in [0.2, 0.25) is 0 Å². The monoisotopic (exact) mass is 359 g/mol. The van der Waals surface area contributed by atoms with Crippen LogP contribution in [0.5, 0.6) is 17.2 Å². The molecule has 2 aromatic carbocycles. The van der Waals surface area contributed by atoms with E-state index in [2.05, 4.69) is 5.32 Å². The highest BCUT2D eigenvalue weighted by atomic mass is 16.5. The SMILES string of the molecule is CCOc1ccc(OCC)c(NC(=O)COCCOc2ccccc2)c1. The van der Waals surface area contributed by atoms with E-state index < -0.39 is 0 Å². The van der Waals surface area contributed by atoms with Crippen LogP contribution in [-0.2, 0) is 9.53 Å². The molecule has 0 aliphatic rings. The van der Waals surface area contributed by atoms with Gasteiger partial charge in [0.05, 0.1) is 25.5 Å². The van der Waals surface area contributed by atoms with Crippen LogP contribution in [0.15, 0.2) is 48.5 Å². The zero-order chi connectivity index (χ0) is 18.6. The lowest BCUT2D eigenvalue weighted by Crippen LogP contribution is -2.20. The van der Waals surface area contributed by atoms with E-state index >= 15 is 0 Å². The first-order chi connectivity index (χ1) is 12.7. The molecule has 0 radical (unpaired) electrons. The van der Waals surface area contributed by atoms with Gasteiger partial charge >= 0.3 is 0 Å². The summed E-state index contributed by atoms with van der Waals surface area (Å²) >= 11 is 0.